The first kappa shape index (κ1) is 12.0. The molecule has 0 radical (unpaired) electrons. The first-order chi connectivity index (χ1) is 7.10. The average Bonchev–Trinajstić information content (AvgIpc) is 2.59. The van der Waals surface area contributed by atoms with Gasteiger partial charge >= 0.3 is 0 Å². The highest BCUT2D eigenvalue weighted by atomic mass is 16.1. The molecule has 84 valence electrons. The summed E-state index contributed by atoms with van der Waals surface area (Å²) in [6, 6.07) is 1.91. The van der Waals surface area contributed by atoms with Crippen LogP contribution in [0.1, 0.15) is 49.8 Å². The summed E-state index contributed by atoms with van der Waals surface area (Å²) in [7, 11) is 1.84. The van der Waals surface area contributed by atoms with E-state index in [1.54, 1.807) is 4.68 Å². The standard InChI is InChI=1S/C12H20N2O/c1-5-7-9(3)12(15)11-8-10(6-2)13-14(11)4/h8-9H,5-7H2,1-4H3. The first-order valence-electron chi connectivity index (χ1n) is 5.67. The third-order valence-corrected chi connectivity index (χ3v) is 2.71. The molecular formula is C12H20N2O. The Balaban J connectivity index is 2.85. The molecule has 1 rings (SSSR count). The van der Waals surface area contributed by atoms with Crippen molar-refractivity contribution >= 4 is 5.78 Å². The van der Waals surface area contributed by atoms with Crippen LogP contribution in [-0.2, 0) is 13.5 Å². The zero-order chi connectivity index (χ0) is 11.4. The maximum absolute atomic E-state index is 12.0. The summed E-state index contributed by atoms with van der Waals surface area (Å²) >= 11 is 0. The summed E-state index contributed by atoms with van der Waals surface area (Å²) in [5, 5.41) is 4.29. The lowest BCUT2D eigenvalue weighted by atomic mass is 9.98. The van der Waals surface area contributed by atoms with E-state index in [-0.39, 0.29) is 11.7 Å². The Morgan fingerprint density at radius 2 is 2.20 bits per heavy atom. The number of aryl methyl sites for hydroxylation is 2. The van der Waals surface area contributed by atoms with Gasteiger partial charge in [0, 0.05) is 13.0 Å². The van der Waals surface area contributed by atoms with Gasteiger partial charge in [0.2, 0.25) is 0 Å². The lowest BCUT2D eigenvalue weighted by Gasteiger charge is -2.08. The maximum atomic E-state index is 12.0. The van der Waals surface area contributed by atoms with Gasteiger partial charge in [0.05, 0.1) is 5.69 Å². The van der Waals surface area contributed by atoms with E-state index < -0.39 is 0 Å². The summed E-state index contributed by atoms with van der Waals surface area (Å²) in [5.41, 5.74) is 1.73. The molecule has 0 aliphatic heterocycles. The van der Waals surface area contributed by atoms with Gasteiger partial charge in [-0.25, -0.2) is 0 Å². The van der Waals surface area contributed by atoms with Crippen molar-refractivity contribution in [3.63, 3.8) is 0 Å². The SMILES string of the molecule is CCCC(C)C(=O)c1cc(CC)nn1C. The van der Waals surface area contributed by atoms with E-state index in [9.17, 15) is 4.79 Å². The lowest BCUT2D eigenvalue weighted by molar-refractivity contribution is 0.0914. The zero-order valence-corrected chi connectivity index (χ0v) is 10.1. The molecule has 0 aliphatic carbocycles. The molecule has 0 amide bonds. The highest BCUT2D eigenvalue weighted by molar-refractivity contribution is 5.96. The van der Waals surface area contributed by atoms with E-state index in [1.807, 2.05) is 27.0 Å². The van der Waals surface area contributed by atoms with Gasteiger partial charge in [0.15, 0.2) is 5.78 Å². The van der Waals surface area contributed by atoms with Crippen LogP contribution in [-0.4, -0.2) is 15.6 Å². The number of hydrogen-bond acceptors (Lipinski definition) is 2. The number of hydrogen-bond donors (Lipinski definition) is 0. The number of carbonyl (C=O) groups excluding carboxylic acids is 1. The molecule has 0 saturated carbocycles. The van der Waals surface area contributed by atoms with Crippen LogP contribution >= 0.6 is 0 Å². The molecule has 1 aromatic rings. The molecule has 1 aromatic heterocycles. The summed E-state index contributed by atoms with van der Waals surface area (Å²) in [6.45, 7) is 6.14. The first-order valence-corrected chi connectivity index (χ1v) is 5.67. The summed E-state index contributed by atoms with van der Waals surface area (Å²) < 4.78 is 1.70. The molecule has 1 atom stereocenters. The fourth-order valence-electron chi connectivity index (χ4n) is 1.75. The van der Waals surface area contributed by atoms with Crippen LogP contribution < -0.4 is 0 Å². The third-order valence-electron chi connectivity index (χ3n) is 2.71. The van der Waals surface area contributed by atoms with E-state index in [0.717, 1.165) is 30.7 Å². The largest absolute Gasteiger partial charge is 0.292 e. The highest BCUT2D eigenvalue weighted by Gasteiger charge is 2.18. The van der Waals surface area contributed by atoms with E-state index in [2.05, 4.69) is 12.0 Å². The second kappa shape index (κ2) is 5.10. The fraction of sp³-hybridized carbons (Fsp3) is 0.667. The quantitative estimate of drug-likeness (QED) is 0.697. The van der Waals surface area contributed by atoms with Gasteiger partial charge in [-0.1, -0.05) is 27.2 Å². The van der Waals surface area contributed by atoms with E-state index in [4.69, 9.17) is 0 Å². The zero-order valence-electron chi connectivity index (χ0n) is 10.1. The van der Waals surface area contributed by atoms with E-state index in [1.165, 1.54) is 0 Å². The van der Waals surface area contributed by atoms with E-state index >= 15 is 0 Å². The number of carbonyl (C=O) groups is 1. The Bertz CT molecular complexity index is 341. The summed E-state index contributed by atoms with van der Waals surface area (Å²) in [6.07, 6.45) is 2.88. The minimum Gasteiger partial charge on any atom is -0.292 e. The number of rotatable bonds is 5. The van der Waals surface area contributed by atoms with Crippen molar-refractivity contribution < 1.29 is 4.79 Å². The Morgan fingerprint density at radius 1 is 1.53 bits per heavy atom. The molecule has 15 heavy (non-hydrogen) atoms. The summed E-state index contributed by atoms with van der Waals surface area (Å²) in [4.78, 5) is 12.0. The molecule has 3 nitrogen and oxygen atoms in total. The fourth-order valence-corrected chi connectivity index (χ4v) is 1.75. The number of nitrogens with zero attached hydrogens (tertiary/aromatic N) is 2. The normalized spacial score (nSPS) is 12.8. The minimum absolute atomic E-state index is 0.107. The van der Waals surface area contributed by atoms with E-state index in [0.29, 0.717) is 0 Å². The molecule has 0 N–H and O–H groups in total. The smallest absolute Gasteiger partial charge is 0.183 e. The predicted octanol–water partition coefficient (Wildman–Crippen LogP) is 2.60. The molecule has 0 aliphatic rings. The number of ketones is 1. The highest BCUT2D eigenvalue weighted by Crippen LogP contribution is 2.14. The van der Waals surface area contributed by atoms with Crippen LogP contribution in [0.4, 0.5) is 0 Å². The van der Waals surface area contributed by atoms with Gasteiger partial charge in [-0.2, -0.15) is 5.10 Å². The van der Waals surface area contributed by atoms with Gasteiger partial charge in [0.1, 0.15) is 5.69 Å². The lowest BCUT2D eigenvalue weighted by Crippen LogP contribution is -2.15. The maximum Gasteiger partial charge on any atom is 0.183 e. The Morgan fingerprint density at radius 3 is 2.67 bits per heavy atom. The summed E-state index contributed by atoms with van der Waals surface area (Å²) in [5.74, 6) is 0.321. The van der Waals surface area contributed by atoms with Crippen LogP contribution in [0.5, 0.6) is 0 Å². The molecule has 0 spiro atoms. The molecule has 1 unspecified atom stereocenters. The van der Waals surface area contributed by atoms with Crippen LogP contribution in [0, 0.1) is 5.92 Å². The number of Topliss-reactive ketones (excluding diaryl/α,β-unsaturated/α-hetero) is 1. The van der Waals surface area contributed by atoms with Crippen molar-refractivity contribution in [1.29, 1.82) is 0 Å². The second-order valence-electron chi connectivity index (χ2n) is 4.05. The van der Waals surface area contributed by atoms with Gasteiger partial charge in [-0.05, 0) is 18.9 Å². The van der Waals surface area contributed by atoms with Crippen molar-refractivity contribution in [1.82, 2.24) is 9.78 Å². The van der Waals surface area contributed by atoms with Crippen LogP contribution in [0.15, 0.2) is 6.07 Å². The van der Waals surface area contributed by atoms with Gasteiger partial charge < -0.3 is 0 Å². The predicted molar refractivity (Wildman–Crippen MR) is 61.0 cm³/mol. The van der Waals surface area contributed by atoms with Gasteiger partial charge in [-0.15, -0.1) is 0 Å². The monoisotopic (exact) mass is 208 g/mol. The van der Waals surface area contributed by atoms with Crippen molar-refractivity contribution in [2.45, 2.75) is 40.0 Å². The average molecular weight is 208 g/mol. The molecule has 0 saturated heterocycles. The van der Waals surface area contributed by atoms with Gasteiger partial charge in [-0.3, -0.25) is 9.48 Å². The Kier molecular flexibility index (Phi) is 4.06. The molecule has 0 aromatic carbocycles. The van der Waals surface area contributed by atoms with Crippen LogP contribution in [0.25, 0.3) is 0 Å². The number of aromatic nitrogens is 2. The van der Waals surface area contributed by atoms with Crippen LogP contribution in [0.2, 0.25) is 0 Å². The molecule has 3 heteroatoms. The Hall–Kier alpha value is -1.12. The molecule has 1 heterocycles. The molecule has 0 fully saturated rings. The third kappa shape index (κ3) is 2.67. The molecule has 0 bridgehead atoms. The van der Waals surface area contributed by atoms with Crippen molar-refractivity contribution in [3.8, 4) is 0 Å². The van der Waals surface area contributed by atoms with Crippen molar-refractivity contribution in [2.24, 2.45) is 13.0 Å². The molecular weight excluding hydrogens is 188 g/mol. The van der Waals surface area contributed by atoms with Gasteiger partial charge in [0.25, 0.3) is 0 Å². The topological polar surface area (TPSA) is 34.9 Å². The minimum atomic E-state index is 0.107. The van der Waals surface area contributed by atoms with Crippen molar-refractivity contribution in [2.75, 3.05) is 0 Å². The van der Waals surface area contributed by atoms with Crippen LogP contribution in [0.3, 0.4) is 0 Å². The second-order valence-corrected chi connectivity index (χ2v) is 4.05. The Labute approximate surface area is 91.5 Å². The van der Waals surface area contributed by atoms with Crippen molar-refractivity contribution in [3.05, 3.63) is 17.5 Å².